The first-order valence-corrected chi connectivity index (χ1v) is 11.6. The summed E-state index contributed by atoms with van der Waals surface area (Å²) in [6, 6.07) is 32.2. The lowest BCUT2D eigenvalue weighted by Gasteiger charge is -2.24. The average Bonchev–Trinajstić information content (AvgIpc) is 3.15. The molecule has 0 aromatic heterocycles. The van der Waals surface area contributed by atoms with Crippen molar-refractivity contribution >= 4 is 21.5 Å². The molecular weight excluding hydrogens is 384 g/mol. The maximum atomic E-state index is 2.51. The van der Waals surface area contributed by atoms with Gasteiger partial charge in [0, 0.05) is 10.8 Å². The van der Waals surface area contributed by atoms with E-state index in [1.807, 2.05) is 0 Å². The second kappa shape index (κ2) is 5.70. The molecule has 2 aliphatic carbocycles. The van der Waals surface area contributed by atoms with E-state index in [1.165, 1.54) is 66.1 Å². The SMILES string of the molecule is CC1(C)c2ccccc2-c2cc3c(cc21)-c1cc2cc4ccccc4cc2cc1C3(C)C. The van der Waals surface area contributed by atoms with E-state index >= 15 is 0 Å². The Kier molecular flexibility index (Phi) is 3.24. The van der Waals surface area contributed by atoms with Crippen LogP contribution < -0.4 is 0 Å². The molecule has 0 amide bonds. The normalized spacial score (nSPS) is 16.6. The van der Waals surface area contributed by atoms with Gasteiger partial charge in [-0.15, -0.1) is 0 Å². The zero-order chi connectivity index (χ0) is 21.8. The van der Waals surface area contributed by atoms with Gasteiger partial charge >= 0.3 is 0 Å². The van der Waals surface area contributed by atoms with Gasteiger partial charge in [-0.25, -0.2) is 0 Å². The number of rotatable bonds is 0. The molecule has 0 saturated heterocycles. The summed E-state index contributed by atoms with van der Waals surface area (Å²) >= 11 is 0. The van der Waals surface area contributed by atoms with Gasteiger partial charge in [0.25, 0.3) is 0 Å². The fourth-order valence-corrected chi connectivity index (χ4v) is 6.36. The fraction of sp³-hybridized carbons (Fsp3) is 0.188. The third kappa shape index (κ3) is 2.13. The predicted octanol–water partition coefficient (Wildman–Crippen LogP) is 8.61. The Morgan fingerprint density at radius 3 is 1.53 bits per heavy atom. The Morgan fingerprint density at radius 2 is 0.844 bits per heavy atom. The van der Waals surface area contributed by atoms with Crippen molar-refractivity contribution in [1.29, 1.82) is 0 Å². The summed E-state index contributed by atoms with van der Waals surface area (Å²) in [5.74, 6) is 0. The van der Waals surface area contributed by atoms with Crippen LogP contribution in [-0.2, 0) is 10.8 Å². The van der Waals surface area contributed by atoms with E-state index < -0.39 is 0 Å². The fourth-order valence-electron chi connectivity index (χ4n) is 6.36. The molecule has 0 heterocycles. The minimum absolute atomic E-state index is 0.0127. The standard InChI is InChI=1S/C32H26/c1-31(2)27-12-8-7-11-23(27)25-17-30-26(18-29(25)31)24-15-21-13-19-9-5-6-10-20(19)14-22(21)16-28(24)32(30,3)4/h5-18H,1-4H3. The lowest BCUT2D eigenvalue weighted by molar-refractivity contribution is 0.652. The molecule has 5 aromatic carbocycles. The summed E-state index contributed by atoms with van der Waals surface area (Å²) in [6.45, 7) is 9.53. The Balaban J connectivity index is 1.54. The molecule has 0 bridgehead atoms. The van der Waals surface area contributed by atoms with Crippen molar-refractivity contribution in [3.8, 4) is 22.3 Å². The molecule has 5 aromatic rings. The molecule has 0 spiro atoms. The van der Waals surface area contributed by atoms with Crippen LogP contribution in [0.15, 0.2) is 84.9 Å². The summed E-state index contributed by atoms with van der Waals surface area (Å²) in [5.41, 5.74) is 11.5. The van der Waals surface area contributed by atoms with Gasteiger partial charge in [-0.1, -0.05) is 76.2 Å². The van der Waals surface area contributed by atoms with Crippen LogP contribution in [0.5, 0.6) is 0 Å². The van der Waals surface area contributed by atoms with Gasteiger partial charge in [-0.05, 0) is 102 Å². The van der Waals surface area contributed by atoms with Crippen LogP contribution in [-0.4, -0.2) is 0 Å². The molecule has 154 valence electrons. The van der Waals surface area contributed by atoms with Crippen LogP contribution in [0.25, 0.3) is 43.8 Å². The van der Waals surface area contributed by atoms with Crippen LogP contribution in [0.3, 0.4) is 0 Å². The van der Waals surface area contributed by atoms with Crippen molar-refractivity contribution in [2.24, 2.45) is 0 Å². The van der Waals surface area contributed by atoms with Crippen molar-refractivity contribution in [2.75, 3.05) is 0 Å². The van der Waals surface area contributed by atoms with Crippen LogP contribution >= 0.6 is 0 Å². The first-order chi connectivity index (χ1) is 15.4. The molecule has 0 atom stereocenters. The number of hydrogen-bond donors (Lipinski definition) is 0. The Bertz CT molecular complexity index is 1610. The summed E-state index contributed by atoms with van der Waals surface area (Å²) in [5, 5.41) is 5.28. The summed E-state index contributed by atoms with van der Waals surface area (Å²) in [6.07, 6.45) is 0. The molecular formula is C32H26. The number of benzene rings is 5. The maximum Gasteiger partial charge on any atom is 0.0159 e. The third-order valence-electron chi connectivity index (χ3n) is 8.20. The molecule has 0 heteroatoms. The van der Waals surface area contributed by atoms with Crippen LogP contribution in [0, 0.1) is 0 Å². The largest absolute Gasteiger partial charge is 0.0619 e. The Morgan fingerprint density at radius 1 is 0.375 bits per heavy atom. The Hall–Kier alpha value is -3.38. The zero-order valence-corrected chi connectivity index (χ0v) is 19.1. The van der Waals surface area contributed by atoms with Crippen molar-refractivity contribution in [3.05, 3.63) is 107 Å². The molecule has 32 heavy (non-hydrogen) atoms. The molecule has 2 aliphatic rings. The molecule has 0 unspecified atom stereocenters. The van der Waals surface area contributed by atoms with Gasteiger partial charge < -0.3 is 0 Å². The lowest BCUT2D eigenvalue weighted by Crippen LogP contribution is -2.17. The van der Waals surface area contributed by atoms with Gasteiger partial charge in [-0.3, -0.25) is 0 Å². The second-order valence-corrected chi connectivity index (χ2v) is 10.7. The van der Waals surface area contributed by atoms with Crippen molar-refractivity contribution in [2.45, 2.75) is 38.5 Å². The van der Waals surface area contributed by atoms with Crippen LogP contribution in [0.1, 0.15) is 49.9 Å². The van der Waals surface area contributed by atoms with E-state index in [0.717, 1.165) is 0 Å². The topological polar surface area (TPSA) is 0 Å². The van der Waals surface area contributed by atoms with E-state index in [2.05, 4.69) is 113 Å². The molecule has 0 fully saturated rings. The third-order valence-corrected chi connectivity index (χ3v) is 8.20. The molecule has 0 nitrogen and oxygen atoms in total. The second-order valence-electron chi connectivity index (χ2n) is 10.7. The first kappa shape index (κ1) is 18.2. The minimum atomic E-state index is -0.0127. The molecule has 0 saturated carbocycles. The molecule has 0 N–H and O–H groups in total. The highest BCUT2D eigenvalue weighted by atomic mass is 14.4. The van der Waals surface area contributed by atoms with Gasteiger partial charge in [0.2, 0.25) is 0 Å². The number of hydrogen-bond acceptors (Lipinski definition) is 0. The van der Waals surface area contributed by atoms with Gasteiger partial charge in [0.05, 0.1) is 0 Å². The highest BCUT2D eigenvalue weighted by Crippen LogP contribution is 2.56. The predicted molar refractivity (Wildman–Crippen MR) is 137 cm³/mol. The van der Waals surface area contributed by atoms with Gasteiger partial charge in [0.1, 0.15) is 0 Å². The molecule has 0 aliphatic heterocycles. The van der Waals surface area contributed by atoms with E-state index in [0.29, 0.717) is 0 Å². The van der Waals surface area contributed by atoms with Crippen molar-refractivity contribution in [3.63, 3.8) is 0 Å². The molecule has 0 radical (unpaired) electrons. The smallest absolute Gasteiger partial charge is 0.0159 e. The highest BCUT2D eigenvalue weighted by Gasteiger charge is 2.41. The van der Waals surface area contributed by atoms with Crippen molar-refractivity contribution in [1.82, 2.24) is 0 Å². The van der Waals surface area contributed by atoms with E-state index in [4.69, 9.17) is 0 Å². The number of fused-ring (bicyclic) bond motifs is 8. The monoisotopic (exact) mass is 410 g/mol. The van der Waals surface area contributed by atoms with E-state index in [1.54, 1.807) is 0 Å². The maximum absolute atomic E-state index is 2.51. The van der Waals surface area contributed by atoms with Gasteiger partial charge in [0.15, 0.2) is 0 Å². The van der Waals surface area contributed by atoms with E-state index in [-0.39, 0.29) is 10.8 Å². The van der Waals surface area contributed by atoms with Gasteiger partial charge in [-0.2, -0.15) is 0 Å². The van der Waals surface area contributed by atoms with Crippen molar-refractivity contribution < 1.29 is 0 Å². The first-order valence-electron chi connectivity index (χ1n) is 11.6. The summed E-state index contributed by atoms with van der Waals surface area (Å²) in [7, 11) is 0. The zero-order valence-electron chi connectivity index (χ0n) is 19.1. The molecule has 7 rings (SSSR count). The quantitative estimate of drug-likeness (QED) is 0.224. The van der Waals surface area contributed by atoms with E-state index in [9.17, 15) is 0 Å². The average molecular weight is 411 g/mol. The Labute approximate surface area is 189 Å². The lowest BCUT2D eigenvalue weighted by atomic mass is 9.79. The summed E-state index contributed by atoms with van der Waals surface area (Å²) < 4.78 is 0. The highest BCUT2D eigenvalue weighted by molar-refractivity contribution is 6.02. The minimum Gasteiger partial charge on any atom is -0.0619 e. The van der Waals surface area contributed by atoms with Crippen LogP contribution in [0.2, 0.25) is 0 Å². The van der Waals surface area contributed by atoms with Crippen LogP contribution in [0.4, 0.5) is 0 Å². The summed E-state index contributed by atoms with van der Waals surface area (Å²) in [4.78, 5) is 0.